The molecule has 1 saturated heterocycles. The van der Waals surface area contributed by atoms with E-state index < -0.39 is 15.5 Å². The highest BCUT2D eigenvalue weighted by Crippen LogP contribution is 2.31. The van der Waals surface area contributed by atoms with Crippen molar-refractivity contribution in [3.8, 4) is 0 Å². The lowest BCUT2D eigenvalue weighted by Gasteiger charge is -2.11. The van der Waals surface area contributed by atoms with Crippen LogP contribution in [0.1, 0.15) is 27.3 Å². The highest BCUT2D eigenvalue weighted by Gasteiger charge is 2.33. The monoisotopic (exact) mass is 353 g/mol. The zero-order valence-corrected chi connectivity index (χ0v) is 13.5. The second kappa shape index (κ2) is 6.57. The van der Waals surface area contributed by atoms with Gasteiger partial charge in [-0.05, 0) is 12.5 Å². The summed E-state index contributed by atoms with van der Waals surface area (Å²) in [6.45, 7) is 1.85. The van der Waals surface area contributed by atoms with Crippen molar-refractivity contribution in [1.82, 2.24) is 4.57 Å². The Morgan fingerprint density at radius 1 is 1.48 bits per heavy atom. The molecule has 0 aliphatic carbocycles. The third-order valence-electron chi connectivity index (χ3n) is 3.29. The number of carbonyl (C=O) groups is 2. The number of aromatic nitrogens is 1. The fourth-order valence-corrected chi connectivity index (χ4v) is 2.56. The fourth-order valence-electron chi connectivity index (χ4n) is 2.23. The molecule has 21 heavy (non-hydrogen) atoms. The Balaban J connectivity index is 2.30. The zero-order chi connectivity index (χ0) is 15.6. The third-order valence-corrected chi connectivity index (χ3v) is 3.80. The van der Waals surface area contributed by atoms with E-state index in [0.717, 1.165) is 6.42 Å². The molecular formula is C13H14Cl3NO4. The Morgan fingerprint density at radius 2 is 2.19 bits per heavy atom. The lowest BCUT2D eigenvalue weighted by Crippen LogP contribution is -2.18. The van der Waals surface area contributed by atoms with Gasteiger partial charge in [0.15, 0.2) is 0 Å². The lowest BCUT2D eigenvalue weighted by molar-refractivity contribution is 0.0586. The summed E-state index contributed by atoms with van der Waals surface area (Å²) in [6.07, 6.45) is 2.40. The normalized spacial score (nSPS) is 18.8. The molecule has 8 heteroatoms. The molecule has 0 N–H and O–H groups in total. The third kappa shape index (κ3) is 3.92. The summed E-state index contributed by atoms with van der Waals surface area (Å²) in [6, 6.07) is 1.38. The SMILES string of the molecule is COC(=O)c1cc(C(=O)C(Cl)(Cl)Cl)cn1CC1CCOC1. The molecule has 0 bridgehead atoms. The first-order valence-corrected chi connectivity index (χ1v) is 7.44. The largest absolute Gasteiger partial charge is 0.464 e. The number of rotatable bonds is 4. The van der Waals surface area contributed by atoms with Gasteiger partial charge in [-0.15, -0.1) is 0 Å². The molecular weight excluding hydrogens is 341 g/mol. The van der Waals surface area contributed by atoms with Crippen LogP contribution >= 0.6 is 34.8 Å². The standard InChI is InChI=1S/C13H14Cl3NO4/c1-20-12(19)10-4-9(11(18)13(14,15)16)6-17(10)5-8-2-3-21-7-8/h4,6,8H,2-3,5,7H2,1H3. The van der Waals surface area contributed by atoms with Gasteiger partial charge in [0.25, 0.3) is 3.79 Å². The molecule has 0 radical (unpaired) electrons. The molecule has 1 atom stereocenters. The van der Waals surface area contributed by atoms with Gasteiger partial charge in [-0.1, -0.05) is 34.8 Å². The Labute approximate surface area is 137 Å². The van der Waals surface area contributed by atoms with E-state index in [9.17, 15) is 9.59 Å². The van der Waals surface area contributed by atoms with Crippen LogP contribution in [-0.4, -0.2) is 40.4 Å². The van der Waals surface area contributed by atoms with E-state index in [1.165, 1.54) is 19.4 Å². The van der Waals surface area contributed by atoms with Crippen molar-refractivity contribution in [2.75, 3.05) is 20.3 Å². The number of Topliss-reactive ketones (excluding diaryl/α,β-unsaturated/α-hetero) is 1. The van der Waals surface area contributed by atoms with Gasteiger partial charge in [0.1, 0.15) is 5.69 Å². The van der Waals surface area contributed by atoms with E-state index in [-0.39, 0.29) is 17.2 Å². The van der Waals surface area contributed by atoms with Crippen molar-refractivity contribution >= 4 is 46.6 Å². The smallest absolute Gasteiger partial charge is 0.354 e. The highest BCUT2D eigenvalue weighted by atomic mass is 35.6. The Morgan fingerprint density at radius 3 is 2.71 bits per heavy atom. The van der Waals surface area contributed by atoms with E-state index in [1.54, 1.807) is 4.57 Å². The topological polar surface area (TPSA) is 57.5 Å². The van der Waals surface area contributed by atoms with E-state index in [4.69, 9.17) is 44.3 Å². The number of methoxy groups -OCH3 is 1. The second-order valence-electron chi connectivity index (χ2n) is 4.81. The molecule has 5 nitrogen and oxygen atoms in total. The van der Waals surface area contributed by atoms with Gasteiger partial charge >= 0.3 is 5.97 Å². The number of ketones is 1. The van der Waals surface area contributed by atoms with Crippen LogP contribution in [0.15, 0.2) is 12.3 Å². The van der Waals surface area contributed by atoms with Crippen LogP contribution in [-0.2, 0) is 16.0 Å². The van der Waals surface area contributed by atoms with Crippen LogP contribution in [0.2, 0.25) is 0 Å². The summed E-state index contributed by atoms with van der Waals surface area (Å²) < 4.78 is 9.61. The Bertz CT molecular complexity index is 544. The fraction of sp³-hybridized carbons (Fsp3) is 0.538. The van der Waals surface area contributed by atoms with Crippen LogP contribution in [0.25, 0.3) is 0 Å². The molecule has 1 aliphatic rings. The average Bonchev–Trinajstić information content (AvgIpc) is 3.06. The van der Waals surface area contributed by atoms with Crippen molar-refractivity contribution in [2.45, 2.75) is 16.8 Å². The Hall–Kier alpha value is -0.750. The molecule has 1 aliphatic heterocycles. The molecule has 0 spiro atoms. The predicted molar refractivity (Wildman–Crippen MR) is 79.3 cm³/mol. The molecule has 2 heterocycles. The number of hydrogen-bond donors (Lipinski definition) is 0. The number of carbonyl (C=O) groups excluding carboxylic acids is 2. The molecule has 1 aromatic rings. The van der Waals surface area contributed by atoms with Crippen LogP contribution in [0.3, 0.4) is 0 Å². The summed E-state index contributed by atoms with van der Waals surface area (Å²) >= 11 is 16.8. The van der Waals surface area contributed by atoms with Gasteiger partial charge in [0.05, 0.1) is 13.7 Å². The van der Waals surface area contributed by atoms with Crippen molar-refractivity contribution in [3.63, 3.8) is 0 Å². The number of alkyl halides is 3. The highest BCUT2D eigenvalue weighted by molar-refractivity contribution is 6.77. The molecule has 1 unspecified atom stereocenters. The first-order chi connectivity index (χ1) is 9.82. The lowest BCUT2D eigenvalue weighted by atomic mass is 10.1. The minimum absolute atomic E-state index is 0.161. The maximum Gasteiger partial charge on any atom is 0.354 e. The zero-order valence-electron chi connectivity index (χ0n) is 11.3. The second-order valence-corrected chi connectivity index (χ2v) is 7.10. The average molecular weight is 355 g/mol. The van der Waals surface area contributed by atoms with Crippen LogP contribution < -0.4 is 0 Å². The molecule has 0 saturated carbocycles. The van der Waals surface area contributed by atoms with E-state index in [1.807, 2.05) is 0 Å². The number of ether oxygens (including phenoxy) is 2. The van der Waals surface area contributed by atoms with Crippen LogP contribution in [0.5, 0.6) is 0 Å². The molecule has 1 aromatic heterocycles. The van der Waals surface area contributed by atoms with Crippen molar-refractivity contribution in [3.05, 3.63) is 23.5 Å². The van der Waals surface area contributed by atoms with E-state index >= 15 is 0 Å². The predicted octanol–water partition coefficient (Wildman–Crippen LogP) is 2.86. The Kier molecular flexibility index (Phi) is 5.20. The van der Waals surface area contributed by atoms with E-state index in [2.05, 4.69) is 0 Å². The first kappa shape index (κ1) is 16.6. The number of hydrogen-bond acceptors (Lipinski definition) is 4. The summed E-state index contributed by atoms with van der Waals surface area (Å²) in [4.78, 5) is 23.8. The molecule has 0 aromatic carbocycles. The minimum Gasteiger partial charge on any atom is -0.464 e. The summed E-state index contributed by atoms with van der Waals surface area (Å²) in [5.74, 6) is -0.951. The van der Waals surface area contributed by atoms with Gasteiger partial charge in [0, 0.05) is 30.8 Å². The van der Waals surface area contributed by atoms with Gasteiger partial charge in [-0.2, -0.15) is 0 Å². The number of halogens is 3. The van der Waals surface area contributed by atoms with Gasteiger partial charge < -0.3 is 14.0 Å². The quantitative estimate of drug-likeness (QED) is 0.474. The first-order valence-electron chi connectivity index (χ1n) is 6.30. The van der Waals surface area contributed by atoms with Crippen molar-refractivity contribution in [1.29, 1.82) is 0 Å². The minimum atomic E-state index is -2.06. The maximum atomic E-state index is 12.0. The summed E-state index contributed by atoms with van der Waals surface area (Å²) in [5, 5.41) is 0. The molecule has 116 valence electrons. The molecule has 2 rings (SSSR count). The summed E-state index contributed by atoms with van der Waals surface area (Å²) in [5.41, 5.74) is 0.413. The summed E-state index contributed by atoms with van der Waals surface area (Å²) in [7, 11) is 1.27. The van der Waals surface area contributed by atoms with Gasteiger partial charge in [0.2, 0.25) is 5.78 Å². The number of esters is 1. The van der Waals surface area contributed by atoms with Crippen molar-refractivity contribution in [2.24, 2.45) is 5.92 Å². The van der Waals surface area contributed by atoms with Crippen LogP contribution in [0.4, 0.5) is 0 Å². The van der Waals surface area contributed by atoms with E-state index in [0.29, 0.717) is 19.8 Å². The van der Waals surface area contributed by atoms with Gasteiger partial charge in [-0.25, -0.2) is 4.79 Å². The number of nitrogens with zero attached hydrogens (tertiary/aromatic N) is 1. The van der Waals surface area contributed by atoms with Crippen LogP contribution in [0, 0.1) is 5.92 Å². The van der Waals surface area contributed by atoms with Gasteiger partial charge in [-0.3, -0.25) is 4.79 Å². The molecule has 0 amide bonds. The van der Waals surface area contributed by atoms with Crippen molar-refractivity contribution < 1.29 is 19.1 Å². The maximum absolute atomic E-state index is 12.0. The molecule has 1 fully saturated rings.